The van der Waals surface area contributed by atoms with Gasteiger partial charge in [0, 0.05) is 30.0 Å². The van der Waals surface area contributed by atoms with Crippen LogP contribution < -0.4 is 10.2 Å². The molecule has 1 fully saturated rings. The number of hydrogen-bond donors (Lipinski definition) is 1. The van der Waals surface area contributed by atoms with Crippen molar-refractivity contribution in [2.45, 2.75) is 52.4 Å². The van der Waals surface area contributed by atoms with Crippen LogP contribution in [-0.4, -0.2) is 53.0 Å². The highest BCUT2D eigenvalue weighted by atomic mass is 16.7. The molecule has 2 aromatic carbocycles. The minimum Gasteiger partial charge on any atom is -0.494 e. The van der Waals surface area contributed by atoms with Crippen LogP contribution in [0.3, 0.4) is 0 Å². The molecule has 32 heavy (non-hydrogen) atoms. The van der Waals surface area contributed by atoms with Gasteiger partial charge in [-0.15, -0.1) is 0 Å². The molecular formula is C24H30BN3O4. The Bertz CT molecular complexity index is 1130. The zero-order valence-electron chi connectivity index (χ0n) is 19.6. The van der Waals surface area contributed by atoms with Crippen LogP contribution in [0.5, 0.6) is 5.75 Å². The maximum absolute atomic E-state index is 13.2. The van der Waals surface area contributed by atoms with E-state index in [2.05, 4.69) is 10.2 Å². The number of nitrogens with one attached hydrogen (secondary N) is 1. The first-order valence-corrected chi connectivity index (χ1v) is 10.9. The molecule has 1 saturated heterocycles. The summed E-state index contributed by atoms with van der Waals surface area (Å²) in [6, 6.07) is 11.4. The summed E-state index contributed by atoms with van der Waals surface area (Å²) in [4.78, 5) is 14.9. The second-order valence-electron chi connectivity index (χ2n) is 9.19. The molecule has 0 bridgehead atoms. The first-order valence-electron chi connectivity index (χ1n) is 10.9. The van der Waals surface area contributed by atoms with E-state index in [1.165, 1.54) is 0 Å². The maximum atomic E-state index is 13.2. The van der Waals surface area contributed by atoms with E-state index in [0.717, 1.165) is 21.9 Å². The molecule has 1 aromatic heterocycles. The maximum Gasteiger partial charge on any atom is 0.498 e. The molecule has 0 radical (unpaired) electrons. The Balaban J connectivity index is 1.58. The van der Waals surface area contributed by atoms with Crippen molar-refractivity contribution in [1.82, 2.24) is 15.1 Å². The summed E-state index contributed by atoms with van der Waals surface area (Å²) in [5.41, 5.74) is 2.38. The van der Waals surface area contributed by atoms with Gasteiger partial charge < -0.3 is 18.9 Å². The van der Waals surface area contributed by atoms with Crippen LogP contribution in [0.4, 0.5) is 0 Å². The fourth-order valence-electron chi connectivity index (χ4n) is 3.82. The molecule has 3 aromatic rings. The molecule has 4 rings (SSSR count). The Kier molecular flexibility index (Phi) is 5.77. The van der Waals surface area contributed by atoms with Crippen LogP contribution in [0.1, 0.15) is 50.5 Å². The molecule has 0 spiro atoms. The predicted octanol–water partition coefficient (Wildman–Crippen LogP) is 3.53. The molecule has 0 saturated carbocycles. The lowest BCUT2D eigenvalue weighted by atomic mass is 9.78. The van der Waals surface area contributed by atoms with Crippen LogP contribution >= 0.6 is 0 Å². The van der Waals surface area contributed by atoms with Gasteiger partial charge in [-0.2, -0.15) is 5.10 Å². The zero-order valence-corrected chi connectivity index (χ0v) is 19.6. The highest BCUT2D eigenvalue weighted by molar-refractivity contribution is 6.63. The number of fused-ring (bicyclic) bond motifs is 1. The average Bonchev–Trinajstić information content (AvgIpc) is 3.30. The Morgan fingerprint density at radius 2 is 1.88 bits per heavy atom. The number of aromatic nitrogens is 2. The molecular weight excluding hydrogens is 405 g/mol. The van der Waals surface area contributed by atoms with Gasteiger partial charge in [0.1, 0.15) is 5.75 Å². The summed E-state index contributed by atoms with van der Waals surface area (Å²) >= 11 is 0. The van der Waals surface area contributed by atoms with Crippen molar-refractivity contribution in [2.75, 3.05) is 13.7 Å². The number of carbonyl (C=O) groups is 1. The molecule has 1 N–H and O–H groups in total. The molecule has 8 heteroatoms. The second kappa shape index (κ2) is 8.26. The first kappa shape index (κ1) is 22.4. The van der Waals surface area contributed by atoms with Gasteiger partial charge in [-0.25, -0.2) is 0 Å². The molecule has 0 aliphatic carbocycles. The third-order valence-corrected chi connectivity index (χ3v) is 6.38. The highest BCUT2D eigenvalue weighted by Gasteiger charge is 2.52. The van der Waals surface area contributed by atoms with Gasteiger partial charge in [0.05, 0.1) is 29.5 Å². The van der Waals surface area contributed by atoms with Crippen molar-refractivity contribution in [3.8, 4) is 5.75 Å². The van der Waals surface area contributed by atoms with Gasteiger partial charge in [0.15, 0.2) is 0 Å². The van der Waals surface area contributed by atoms with Crippen molar-refractivity contribution in [3.05, 3.63) is 53.7 Å². The lowest BCUT2D eigenvalue weighted by Gasteiger charge is -2.32. The van der Waals surface area contributed by atoms with E-state index in [0.29, 0.717) is 24.5 Å². The van der Waals surface area contributed by atoms with Crippen LogP contribution in [0.25, 0.3) is 10.9 Å². The van der Waals surface area contributed by atoms with E-state index in [1.807, 2.05) is 58.9 Å². The standard InChI is InChI=1S/C24H30BN3O4/c1-7-30-20-13-16(11-12-19(20)25-31-23(2,3)24(4,5)32-25)22(29)28(6)15-18-10-8-9-17-14-26-27-21(17)18/h8-14H,7,15H2,1-6H3,(H,26,27). The molecule has 7 nitrogen and oxygen atoms in total. The van der Waals surface area contributed by atoms with Gasteiger partial charge >= 0.3 is 7.12 Å². The molecule has 1 amide bonds. The van der Waals surface area contributed by atoms with Gasteiger partial charge in [-0.3, -0.25) is 9.89 Å². The lowest BCUT2D eigenvalue weighted by Crippen LogP contribution is -2.41. The quantitative estimate of drug-likeness (QED) is 0.600. The van der Waals surface area contributed by atoms with Crippen LogP contribution in [0, 0.1) is 0 Å². The fraction of sp³-hybridized carbons (Fsp3) is 0.417. The minimum atomic E-state index is -0.554. The van der Waals surface area contributed by atoms with E-state index >= 15 is 0 Å². The predicted molar refractivity (Wildman–Crippen MR) is 125 cm³/mol. The van der Waals surface area contributed by atoms with Crippen LogP contribution in [0.2, 0.25) is 0 Å². The third kappa shape index (κ3) is 4.00. The zero-order chi connectivity index (χ0) is 23.1. The van der Waals surface area contributed by atoms with Crippen molar-refractivity contribution in [1.29, 1.82) is 0 Å². The number of hydrogen-bond acceptors (Lipinski definition) is 5. The minimum absolute atomic E-state index is 0.0945. The Morgan fingerprint density at radius 1 is 1.16 bits per heavy atom. The highest BCUT2D eigenvalue weighted by Crippen LogP contribution is 2.37. The average molecular weight is 435 g/mol. The normalized spacial score (nSPS) is 17.0. The number of rotatable bonds is 6. The van der Waals surface area contributed by atoms with E-state index < -0.39 is 18.3 Å². The third-order valence-electron chi connectivity index (χ3n) is 6.38. The monoisotopic (exact) mass is 435 g/mol. The van der Waals surface area contributed by atoms with E-state index in [1.54, 1.807) is 30.3 Å². The smallest absolute Gasteiger partial charge is 0.494 e. The van der Waals surface area contributed by atoms with E-state index in [4.69, 9.17) is 14.0 Å². The van der Waals surface area contributed by atoms with Gasteiger partial charge in [-0.05, 0) is 52.3 Å². The number of benzene rings is 2. The summed E-state index contributed by atoms with van der Waals surface area (Å²) < 4.78 is 18.3. The van der Waals surface area contributed by atoms with Crippen molar-refractivity contribution >= 4 is 29.4 Å². The molecule has 2 heterocycles. The molecule has 0 atom stereocenters. The van der Waals surface area contributed by atoms with Crippen molar-refractivity contribution < 1.29 is 18.8 Å². The van der Waals surface area contributed by atoms with Gasteiger partial charge in [-0.1, -0.05) is 24.3 Å². The van der Waals surface area contributed by atoms with Crippen LogP contribution in [0.15, 0.2) is 42.6 Å². The SMILES string of the molecule is CCOc1cc(C(=O)N(C)Cc2cccc3cn[nH]c23)ccc1B1OC(C)(C)C(C)(C)O1. The molecule has 1 aliphatic heterocycles. The summed E-state index contributed by atoms with van der Waals surface area (Å²) in [6.45, 7) is 10.9. The molecule has 168 valence electrons. The van der Waals surface area contributed by atoms with Gasteiger partial charge in [0.25, 0.3) is 5.91 Å². The number of aromatic amines is 1. The van der Waals surface area contributed by atoms with E-state index in [-0.39, 0.29) is 5.91 Å². The number of H-pyrrole nitrogens is 1. The van der Waals surface area contributed by atoms with Gasteiger partial charge in [0.2, 0.25) is 0 Å². The number of nitrogens with zero attached hydrogens (tertiary/aromatic N) is 2. The first-order chi connectivity index (χ1) is 15.1. The summed E-state index contributed by atoms with van der Waals surface area (Å²) in [6.07, 6.45) is 1.78. The molecule has 1 aliphatic rings. The summed E-state index contributed by atoms with van der Waals surface area (Å²) in [5, 5.41) is 8.14. The van der Waals surface area contributed by atoms with Crippen molar-refractivity contribution in [3.63, 3.8) is 0 Å². The van der Waals surface area contributed by atoms with Crippen molar-refractivity contribution in [2.24, 2.45) is 0 Å². The summed E-state index contributed by atoms with van der Waals surface area (Å²) in [5.74, 6) is 0.504. The summed E-state index contributed by atoms with van der Waals surface area (Å²) in [7, 11) is 1.24. The number of carbonyl (C=O) groups excluding carboxylic acids is 1. The fourth-order valence-corrected chi connectivity index (χ4v) is 3.82. The number of ether oxygens (including phenoxy) is 1. The molecule has 0 unspecified atom stereocenters. The van der Waals surface area contributed by atoms with Crippen LogP contribution in [-0.2, 0) is 15.9 Å². The number of para-hydroxylation sites is 1. The lowest BCUT2D eigenvalue weighted by molar-refractivity contribution is 0.00578. The largest absolute Gasteiger partial charge is 0.498 e. The topological polar surface area (TPSA) is 76.7 Å². The Hall–Kier alpha value is -2.84. The van der Waals surface area contributed by atoms with E-state index in [9.17, 15) is 4.79 Å². The Labute approximate surface area is 189 Å². The Morgan fingerprint density at radius 3 is 2.56 bits per heavy atom. The second-order valence-corrected chi connectivity index (χ2v) is 9.19. The number of amides is 1.